The third kappa shape index (κ3) is 11.3. The van der Waals surface area contributed by atoms with Crippen molar-refractivity contribution in [2.45, 2.75) is 61.7 Å². The zero-order valence-corrected chi connectivity index (χ0v) is 21.4. The van der Waals surface area contributed by atoms with Gasteiger partial charge >= 0.3 is 65.1 Å². The van der Waals surface area contributed by atoms with Crippen molar-refractivity contribution in [2.24, 2.45) is 0 Å². The molecular weight excluding hydrogens is 418 g/mol. The summed E-state index contributed by atoms with van der Waals surface area (Å²) in [5.74, 6) is -1.32. The third-order valence-corrected chi connectivity index (χ3v) is 5.12. The van der Waals surface area contributed by atoms with Crippen molar-refractivity contribution >= 4 is 26.2 Å². The molecule has 0 fully saturated rings. The predicted molar refractivity (Wildman–Crippen MR) is 86.0 cm³/mol. The second-order valence-corrected chi connectivity index (χ2v) is 8.24. The van der Waals surface area contributed by atoms with E-state index in [4.69, 9.17) is 4.74 Å². The zero-order chi connectivity index (χ0) is 19.1. The second-order valence-electron chi connectivity index (χ2n) is 5.51. The van der Waals surface area contributed by atoms with Crippen LogP contribution >= 0.6 is 0 Å². The van der Waals surface area contributed by atoms with Crippen molar-refractivity contribution in [1.82, 2.24) is 0 Å². The average molecular weight is 438 g/mol. The maximum atomic E-state index is 11.8. The minimum absolute atomic E-state index is 0. The molecule has 142 valence electrons. The Hall–Kier alpha value is 0.510. The first-order valence-electron chi connectivity index (χ1n) is 7.82. The Bertz CT molecular complexity index is 807. The van der Waals surface area contributed by atoms with Gasteiger partial charge in [-0.2, -0.15) is 0 Å². The summed E-state index contributed by atoms with van der Waals surface area (Å²) in [6.45, 7) is 2.09. The standard InChI is InChI=1S/C15H22O8S2.2Na/c1-2-3-4-5-6-7-8-15(16)23-13-10-9-12(24(17,18)19)11-14(13)25(20,21)22;;/h9-11H,2-8H2,1H3,(H,17,18,19)(H,20,21,22);;/q;2*+1/p-2. The minimum atomic E-state index is -5.13. The molecule has 0 spiro atoms. The largest absolute Gasteiger partial charge is 1.00 e. The fourth-order valence-electron chi connectivity index (χ4n) is 2.15. The SMILES string of the molecule is CCCCCCCCC(=O)Oc1ccc(S(=O)(=O)[O-])cc1S(=O)(=O)[O-].[Na+].[Na+]. The van der Waals surface area contributed by atoms with Gasteiger partial charge in [-0.25, -0.2) is 16.8 Å². The number of carbonyl (C=O) groups is 1. The smallest absolute Gasteiger partial charge is 0.744 e. The molecule has 0 atom stereocenters. The number of hydrogen-bond acceptors (Lipinski definition) is 8. The van der Waals surface area contributed by atoms with Crippen LogP contribution in [0.1, 0.15) is 51.9 Å². The van der Waals surface area contributed by atoms with Gasteiger partial charge in [0.2, 0.25) is 0 Å². The molecule has 0 bridgehead atoms. The number of unbranched alkanes of at least 4 members (excludes halogenated alkanes) is 5. The molecule has 0 aliphatic heterocycles. The van der Waals surface area contributed by atoms with E-state index >= 15 is 0 Å². The number of esters is 1. The van der Waals surface area contributed by atoms with Crippen LogP contribution in [0.4, 0.5) is 0 Å². The van der Waals surface area contributed by atoms with E-state index in [0.717, 1.165) is 44.2 Å². The first-order chi connectivity index (χ1) is 11.6. The summed E-state index contributed by atoms with van der Waals surface area (Å²) in [5, 5.41) is 0. The molecule has 0 aromatic heterocycles. The van der Waals surface area contributed by atoms with Crippen LogP contribution in [0.25, 0.3) is 0 Å². The normalized spacial score (nSPS) is 11.2. The Morgan fingerprint density at radius 2 is 1.48 bits per heavy atom. The average Bonchev–Trinajstić information content (AvgIpc) is 2.49. The van der Waals surface area contributed by atoms with Crippen LogP contribution in [0.3, 0.4) is 0 Å². The van der Waals surface area contributed by atoms with E-state index in [2.05, 4.69) is 6.92 Å². The summed E-state index contributed by atoms with van der Waals surface area (Å²) in [7, 11) is -10.1. The Morgan fingerprint density at radius 3 is 2.00 bits per heavy atom. The van der Waals surface area contributed by atoms with Gasteiger partial charge in [0.05, 0.1) is 9.79 Å². The molecule has 0 aliphatic rings. The number of rotatable bonds is 10. The summed E-state index contributed by atoms with van der Waals surface area (Å²) in [4.78, 5) is 9.82. The van der Waals surface area contributed by atoms with Crippen LogP contribution in [-0.2, 0) is 25.0 Å². The molecule has 0 amide bonds. The summed E-state index contributed by atoms with van der Waals surface area (Å²) >= 11 is 0. The topological polar surface area (TPSA) is 141 Å². The van der Waals surface area contributed by atoms with Crippen molar-refractivity contribution in [3.63, 3.8) is 0 Å². The molecule has 0 saturated heterocycles. The molecule has 1 aromatic rings. The summed E-state index contributed by atoms with van der Waals surface area (Å²) < 4.78 is 71.4. The molecular formula is C15H20Na2O8S2. The van der Waals surface area contributed by atoms with Gasteiger partial charge < -0.3 is 13.8 Å². The summed E-state index contributed by atoms with van der Waals surface area (Å²) in [5.41, 5.74) is 0. The van der Waals surface area contributed by atoms with Gasteiger partial charge in [-0.05, 0) is 24.6 Å². The van der Waals surface area contributed by atoms with Gasteiger partial charge in [0.1, 0.15) is 26.0 Å². The molecule has 1 aromatic carbocycles. The molecule has 12 heteroatoms. The Balaban J connectivity index is 0. The Labute approximate surface area is 204 Å². The van der Waals surface area contributed by atoms with Crippen molar-refractivity contribution in [3.05, 3.63) is 18.2 Å². The van der Waals surface area contributed by atoms with Crippen LogP contribution in [0, 0.1) is 0 Å². The van der Waals surface area contributed by atoms with E-state index in [1.165, 1.54) is 0 Å². The van der Waals surface area contributed by atoms with Gasteiger partial charge in [-0.15, -0.1) is 0 Å². The molecule has 0 saturated carbocycles. The quantitative estimate of drug-likeness (QED) is 0.119. The first kappa shape index (κ1) is 29.7. The maximum Gasteiger partial charge on any atom is 1.00 e. The molecule has 0 unspecified atom stereocenters. The summed E-state index contributed by atoms with van der Waals surface area (Å²) in [6, 6.07) is 2.00. The predicted octanol–water partition coefficient (Wildman–Crippen LogP) is -3.84. The summed E-state index contributed by atoms with van der Waals surface area (Å²) in [6.07, 6.45) is 5.65. The van der Waals surface area contributed by atoms with Crippen molar-refractivity contribution in [2.75, 3.05) is 0 Å². The molecule has 0 radical (unpaired) electrons. The van der Waals surface area contributed by atoms with Crippen molar-refractivity contribution in [3.8, 4) is 5.75 Å². The van der Waals surface area contributed by atoms with Gasteiger partial charge in [0, 0.05) is 6.42 Å². The fraction of sp³-hybridized carbons (Fsp3) is 0.533. The van der Waals surface area contributed by atoms with E-state index in [0.29, 0.717) is 12.5 Å². The molecule has 0 N–H and O–H groups in total. The second kappa shape index (κ2) is 13.7. The number of carbonyl (C=O) groups excluding carboxylic acids is 1. The zero-order valence-electron chi connectivity index (χ0n) is 15.8. The van der Waals surface area contributed by atoms with E-state index in [-0.39, 0.29) is 65.5 Å². The van der Waals surface area contributed by atoms with Gasteiger partial charge in [-0.1, -0.05) is 39.0 Å². The fourth-order valence-corrected chi connectivity index (χ4v) is 3.35. The van der Waals surface area contributed by atoms with Gasteiger partial charge in [0.15, 0.2) is 0 Å². The van der Waals surface area contributed by atoms with Crippen LogP contribution in [0.5, 0.6) is 5.75 Å². The van der Waals surface area contributed by atoms with E-state index in [1.807, 2.05) is 0 Å². The molecule has 27 heavy (non-hydrogen) atoms. The van der Waals surface area contributed by atoms with E-state index in [1.54, 1.807) is 0 Å². The van der Waals surface area contributed by atoms with Crippen LogP contribution in [0.15, 0.2) is 28.0 Å². The third-order valence-electron chi connectivity index (χ3n) is 3.43. The van der Waals surface area contributed by atoms with E-state index in [9.17, 15) is 30.7 Å². The van der Waals surface area contributed by atoms with Crippen LogP contribution < -0.4 is 63.9 Å². The molecule has 1 rings (SSSR count). The monoisotopic (exact) mass is 438 g/mol. The number of hydrogen-bond donors (Lipinski definition) is 0. The first-order valence-corrected chi connectivity index (χ1v) is 10.6. The maximum absolute atomic E-state index is 11.8. The Morgan fingerprint density at radius 1 is 0.926 bits per heavy atom. The number of benzene rings is 1. The van der Waals surface area contributed by atoms with Gasteiger partial charge in [-0.3, -0.25) is 4.79 Å². The van der Waals surface area contributed by atoms with E-state index < -0.39 is 41.7 Å². The minimum Gasteiger partial charge on any atom is -0.744 e. The Kier molecular flexibility index (Phi) is 15.1. The molecule has 0 heterocycles. The van der Waals surface area contributed by atoms with Crippen LogP contribution in [-0.4, -0.2) is 31.9 Å². The van der Waals surface area contributed by atoms with Gasteiger partial charge in [0.25, 0.3) is 0 Å². The number of ether oxygens (including phenoxy) is 1. The van der Waals surface area contributed by atoms with Crippen molar-refractivity contribution in [1.29, 1.82) is 0 Å². The van der Waals surface area contributed by atoms with Crippen molar-refractivity contribution < 1.29 is 94.6 Å². The molecule has 8 nitrogen and oxygen atoms in total. The molecule has 0 aliphatic carbocycles. The van der Waals surface area contributed by atoms with Crippen LogP contribution in [0.2, 0.25) is 0 Å².